The molecule has 0 radical (unpaired) electrons. The van der Waals surface area contributed by atoms with Crippen LogP contribution >= 0.6 is 0 Å². The van der Waals surface area contributed by atoms with E-state index in [4.69, 9.17) is 0 Å². The highest BCUT2D eigenvalue weighted by atomic mass is 19.1. The second-order valence-corrected chi connectivity index (χ2v) is 7.84. The summed E-state index contributed by atoms with van der Waals surface area (Å²) in [6.07, 6.45) is 2.83. The number of aromatic nitrogens is 1. The fourth-order valence-corrected chi connectivity index (χ4v) is 4.06. The Morgan fingerprint density at radius 3 is 2.53 bits per heavy atom. The zero-order valence-electron chi connectivity index (χ0n) is 17.6. The van der Waals surface area contributed by atoms with Gasteiger partial charge in [0.2, 0.25) is 0 Å². The maximum Gasteiger partial charge on any atom is 0.313 e. The number of hydrogen-bond donors (Lipinski definition) is 2. The highest BCUT2D eigenvalue weighted by Gasteiger charge is 2.27. The first-order chi connectivity index (χ1) is 15.4. The number of aryl methyl sites for hydroxylation is 1. The standard InChI is InChI=1S/C24H24F2N4O2/c1-29-11-4-7-21(29)22(30-12-10-16-5-2-3-6-17(16)15-30)14-27-23(31)24(32)28-20-9-8-18(25)13-19(20)26/h2-9,11,13,22H,10,12,14-15H2,1H3,(H,27,31)(H,28,32). The lowest BCUT2D eigenvalue weighted by Gasteiger charge is -2.36. The van der Waals surface area contributed by atoms with Gasteiger partial charge >= 0.3 is 11.8 Å². The van der Waals surface area contributed by atoms with Gasteiger partial charge in [-0.1, -0.05) is 24.3 Å². The van der Waals surface area contributed by atoms with Crippen LogP contribution in [-0.2, 0) is 29.6 Å². The molecule has 2 amide bonds. The van der Waals surface area contributed by atoms with Crippen LogP contribution in [-0.4, -0.2) is 34.4 Å². The number of amides is 2. The van der Waals surface area contributed by atoms with Crippen LogP contribution in [0.5, 0.6) is 0 Å². The van der Waals surface area contributed by atoms with E-state index in [1.54, 1.807) is 0 Å². The molecule has 1 aliphatic heterocycles. The van der Waals surface area contributed by atoms with E-state index in [0.29, 0.717) is 6.07 Å². The van der Waals surface area contributed by atoms with Crippen LogP contribution in [0.4, 0.5) is 14.5 Å². The summed E-state index contributed by atoms with van der Waals surface area (Å²) < 4.78 is 28.8. The number of hydrogen-bond acceptors (Lipinski definition) is 3. The number of rotatable bonds is 5. The third-order valence-electron chi connectivity index (χ3n) is 5.77. The third kappa shape index (κ3) is 4.70. The number of carbonyl (C=O) groups excluding carboxylic acids is 2. The fourth-order valence-electron chi connectivity index (χ4n) is 4.06. The molecule has 0 bridgehead atoms. The molecular weight excluding hydrogens is 414 g/mol. The van der Waals surface area contributed by atoms with Crippen LogP contribution < -0.4 is 10.6 Å². The quantitative estimate of drug-likeness (QED) is 0.602. The number of halogens is 2. The van der Waals surface area contributed by atoms with E-state index in [-0.39, 0.29) is 18.3 Å². The molecule has 0 saturated carbocycles. The monoisotopic (exact) mass is 438 g/mol. The van der Waals surface area contributed by atoms with Crippen molar-refractivity contribution in [3.63, 3.8) is 0 Å². The van der Waals surface area contributed by atoms with Crippen molar-refractivity contribution in [1.82, 2.24) is 14.8 Å². The average Bonchev–Trinajstić information content (AvgIpc) is 3.21. The Kier molecular flexibility index (Phi) is 6.32. The van der Waals surface area contributed by atoms with E-state index in [2.05, 4.69) is 27.7 Å². The van der Waals surface area contributed by atoms with Gasteiger partial charge in [-0.3, -0.25) is 14.5 Å². The van der Waals surface area contributed by atoms with Gasteiger partial charge in [0.05, 0.1) is 11.7 Å². The number of anilines is 1. The van der Waals surface area contributed by atoms with Crippen molar-refractivity contribution in [2.75, 3.05) is 18.4 Å². The first-order valence-electron chi connectivity index (χ1n) is 10.4. The van der Waals surface area contributed by atoms with Gasteiger partial charge in [0.1, 0.15) is 11.6 Å². The predicted octanol–water partition coefficient (Wildman–Crippen LogP) is 3.16. The first-order valence-corrected chi connectivity index (χ1v) is 10.4. The van der Waals surface area contributed by atoms with Crippen LogP contribution in [0.2, 0.25) is 0 Å². The fraction of sp³-hybridized carbons (Fsp3) is 0.250. The smallest absolute Gasteiger partial charge is 0.313 e. The second kappa shape index (κ2) is 9.32. The molecule has 32 heavy (non-hydrogen) atoms. The van der Waals surface area contributed by atoms with Gasteiger partial charge < -0.3 is 15.2 Å². The van der Waals surface area contributed by atoms with Crippen molar-refractivity contribution in [3.05, 3.63) is 89.2 Å². The van der Waals surface area contributed by atoms with Gasteiger partial charge in [-0.15, -0.1) is 0 Å². The molecule has 2 aromatic carbocycles. The molecule has 1 aliphatic rings. The maximum absolute atomic E-state index is 13.8. The van der Waals surface area contributed by atoms with Crippen LogP contribution in [0.25, 0.3) is 0 Å². The van der Waals surface area contributed by atoms with Gasteiger partial charge in [-0.2, -0.15) is 0 Å². The van der Waals surface area contributed by atoms with E-state index in [1.807, 2.05) is 42.1 Å². The SMILES string of the molecule is Cn1cccc1C(CNC(=O)C(=O)Nc1ccc(F)cc1F)N1CCc2ccccc2C1. The molecule has 1 aromatic heterocycles. The number of benzene rings is 2. The summed E-state index contributed by atoms with van der Waals surface area (Å²) in [4.78, 5) is 26.9. The summed E-state index contributed by atoms with van der Waals surface area (Å²) in [5, 5.41) is 4.86. The molecule has 0 aliphatic carbocycles. The number of fused-ring (bicyclic) bond motifs is 1. The number of carbonyl (C=O) groups is 2. The number of nitrogens with zero attached hydrogens (tertiary/aromatic N) is 2. The van der Waals surface area contributed by atoms with Crippen molar-refractivity contribution in [2.24, 2.45) is 7.05 Å². The van der Waals surface area contributed by atoms with Crippen LogP contribution in [0.1, 0.15) is 22.9 Å². The summed E-state index contributed by atoms with van der Waals surface area (Å²) in [7, 11) is 1.94. The van der Waals surface area contributed by atoms with E-state index < -0.39 is 23.4 Å². The summed E-state index contributed by atoms with van der Waals surface area (Å²) in [5.74, 6) is -3.60. The minimum absolute atomic E-state index is 0.150. The van der Waals surface area contributed by atoms with Gasteiger partial charge in [-0.25, -0.2) is 8.78 Å². The lowest BCUT2D eigenvalue weighted by Crippen LogP contribution is -2.44. The molecule has 6 nitrogen and oxygen atoms in total. The molecular formula is C24H24F2N4O2. The second-order valence-electron chi connectivity index (χ2n) is 7.84. The van der Waals surface area contributed by atoms with Crippen molar-refractivity contribution in [3.8, 4) is 0 Å². The lowest BCUT2D eigenvalue weighted by molar-refractivity contribution is -0.136. The maximum atomic E-state index is 13.8. The van der Waals surface area contributed by atoms with Crippen LogP contribution in [0, 0.1) is 11.6 Å². The largest absolute Gasteiger partial charge is 0.353 e. The Bertz CT molecular complexity index is 1140. The Labute approximate surface area is 184 Å². The average molecular weight is 438 g/mol. The van der Waals surface area contributed by atoms with E-state index >= 15 is 0 Å². The van der Waals surface area contributed by atoms with Gasteiger partial charge in [0.25, 0.3) is 0 Å². The Balaban J connectivity index is 1.45. The summed E-state index contributed by atoms with van der Waals surface area (Å²) in [5.41, 5.74) is 3.32. The van der Waals surface area contributed by atoms with Crippen molar-refractivity contribution < 1.29 is 18.4 Å². The minimum atomic E-state index is -1.01. The van der Waals surface area contributed by atoms with Crippen molar-refractivity contribution in [1.29, 1.82) is 0 Å². The zero-order valence-corrected chi connectivity index (χ0v) is 17.6. The van der Waals surface area contributed by atoms with Gasteiger partial charge in [0, 0.05) is 44.6 Å². The highest BCUT2D eigenvalue weighted by Crippen LogP contribution is 2.27. The minimum Gasteiger partial charge on any atom is -0.353 e. The van der Waals surface area contributed by atoms with Gasteiger partial charge in [0.15, 0.2) is 0 Å². The molecule has 1 unspecified atom stereocenters. The number of nitrogens with one attached hydrogen (secondary N) is 2. The summed E-state index contributed by atoms with van der Waals surface area (Å²) in [6.45, 7) is 1.75. The Morgan fingerprint density at radius 2 is 1.81 bits per heavy atom. The molecule has 0 saturated heterocycles. The highest BCUT2D eigenvalue weighted by molar-refractivity contribution is 6.39. The van der Waals surface area contributed by atoms with E-state index in [1.165, 1.54) is 11.1 Å². The predicted molar refractivity (Wildman–Crippen MR) is 117 cm³/mol. The molecule has 0 fully saturated rings. The molecule has 2 heterocycles. The van der Waals surface area contributed by atoms with Crippen LogP contribution in [0.15, 0.2) is 60.8 Å². The van der Waals surface area contributed by atoms with Crippen LogP contribution in [0.3, 0.4) is 0 Å². The molecule has 1 atom stereocenters. The molecule has 3 aromatic rings. The molecule has 8 heteroatoms. The molecule has 4 rings (SSSR count). The zero-order chi connectivity index (χ0) is 22.7. The van der Waals surface area contributed by atoms with Gasteiger partial charge in [-0.05, 0) is 41.8 Å². The normalized spacial score (nSPS) is 14.5. The van der Waals surface area contributed by atoms with Crippen molar-refractivity contribution in [2.45, 2.75) is 19.0 Å². The summed E-state index contributed by atoms with van der Waals surface area (Å²) >= 11 is 0. The molecule has 0 spiro atoms. The third-order valence-corrected chi connectivity index (χ3v) is 5.77. The van der Waals surface area contributed by atoms with E-state index in [0.717, 1.165) is 37.3 Å². The van der Waals surface area contributed by atoms with Crippen molar-refractivity contribution >= 4 is 17.5 Å². The van der Waals surface area contributed by atoms with E-state index in [9.17, 15) is 18.4 Å². The molecule has 2 N–H and O–H groups in total. The Hall–Kier alpha value is -3.52. The Morgan fingerprint density at radius 1 is 1.03 bits per heavy atom. The topological polar surface area (TPSA) is 66.4 Å². The lowest BCUT2D eigenvalue weighted by atomic mass is 9.98. The first kappa shape index (κ1) is 21.7. The summed E-state index contributed by atoms with van der Waals surface area (Å²) in [6, 6.07) is 14.8. The molecule has 166 valence electrons.